The number of carbonyl (C=O) groups is 1. The van der Waals surface area contributed by atoms with Crippen LogP contribution in [0.3, 0.4) is 0 Å². The van der Waals surface area contributed by atoms with E-state index in [9.17, 15) is 9.90 Å². The third-order valence-electron chi connectivity index (χ3n) is 3.35. The molecule has 0 unspecified atom stereocenters. The van der Waals surface area contributed by atoms with E-state index in [1.807, 2.05) is 0 Å². The van der Waals surface area contributed by atoms with Gasteiger partial charge in [-0.05, 0) is 18.6 Å². The van der Waals surface area contributed by atoms with Gasteiger partial charge in [0.05, 0.1) is 27.9 Å². The third kappa shape index (κ3) is 5.01. The Kier molecular flexibility index (Phi) is 8.21. The van der Waals surface area contributed by atoms with Gasteiger partial charge in [-0.1, -0.05) is 0 Å². The van der Waals surface area contributed by atoms with Gasteiger partial charge in [0.2, 0.25) is 5.75 Å². The van der Waals surface area contributed by atoms with Crippen LogP contribution in [0.1, 0.15) is 16.8 Å². The number of ether oxygens (including phenoxy) is 4. The topological polar surface area (TPSA) is 77.5 Å². The van der Waals surface area contributed by atoms with E-state index >= 15 is 0 Å². The Hall–Kier alpha value is -1.99. The summed E-state index contributed by atoms with van der Waals surface area (Å²) in [4.78, 5) is 14.3. The maximum absolute atomic E-state index is 12.7. The Bertz CT molecular complexity index is 480. The number of aliphatic hydroxyl groups is 1. The molecule has 0 radical (unpaired) electrons. The summed E-state index contributed by atoms with van der Waals surface area (Å²) in [6.45, 7) is 1.18. The summed E-state index contributed by atoms with van der Waals surface area (Å²) in [5, 5.41) is 9.18. The molecule has 0 aliphatic heterocycles. The zero-order valence-electron chi connectivity index (χ0n) is 14.1. The lowest BCUT2D eigenvalue weighted by Gasteiger charge is -2.22. The highest BCUT2D eigenvalue weighted by atomic mass is 16.5. The lowest BCUT2D eigenvalue weighted by molar-refractivity contribution is 0.0700. The maximum Gasteiger partial charge on any atom is 0.254 e. The van der Waals surface area contributed by atoms with Crippen molar-refractivity contribution in [2.75, 3.05) is 54.7 Å². The van der Waals surface area contributed by atoms with Crippen molar-refractivity contribution >= 4 is 5.91 Å². The molecule has 7 heteroatoms. The fourth-order valence-corrected chi connectivity index (χ4v) is 2.22. The van der Waals surface area contributed by atoms with Gasteiger partial charge in [-0.3, -0.25) is 4.79 Å². The van der Waals surface area contributed by atoms with Crippen molar-refractivity contribution < 1.29 is 28.8 Å². The van der Waals surface area contributed by atoms with Gasteiger partial charge < -0.3 is 29.0 Å². The minimum atomic E-state index is -0.214. The van der Waals surface area contributed by atoms with E-state index in [0.29, 0.717) is 42.4 Å². The lowest BCUT2D eigenvalue weighted by atomic mass is 10.1. The molecule has 1 rings (SSSR count). The average molecular weight is 327 g/mol. The Morgan fingerprint density at radius 2 is 1.65 bits per heavy atom. The lowest BCUT2D eigenvalue weighted by Crippen LogP contribution is -2.35. The second-order valence-electron chi connectivity index (χ2n) is 4.78. The molecule has 7 nitrogen and oxygen atoms in total. The molecule has 0 aromatic heterocycles. The van der Waals surface area contributed by atoms with E-state index in [1.165, 1.54) is 21.3 Å². The van der Waals surface area contributed by atoms with Gasteiger partial charge in [-0.15, -0.1) is 0 Å². The highest BCUT2D eigenvalue weighted by Crippen LogP contribution is 2.38. The van der Waals surface area contributed by atoms with Gasteiger partial charge in [0.25, 0.3) is 5.91 Å². The number of rotatable bonds is 10. The van der Waals surface area contributed by atoms with Crippen LogP contribution in [-0.4, -0.2) is 70.7 Å². The zero-order valence-corrected chi connectivity index (χ0v) is 14.1. The molecule has 1 aromatic carbocycles. The molecule has 1 amide bonds. The summed E-state index contributed by atoms with van der Waals surface area (Å²) in [6, 6.07) is 3.20. The summed E-state index contributed by atoms with van der Waals surface area (Å²) >= 11 is 0. The Morgan fingerprint density at radius 3 is 2.09 bits per heavy atom. The molecular weight excluding hydrogens is 302 g/mol. The van der Waals surface area contributed by atoms with Crippen molar-refractivity contribution in [2.45, 2.75) is 6.42 Å². The first kappa shape index (κ1) is 19.1. The van der Waals surface area contributed by atoms with Crippen molar-refractivity contribution in [3.05, 3.63) is 17.7 Å². The number of methoxy groups -OCH3 is 4. The summed E-state index contributed by atoms with van der Waals surface area (Å²) in [5.74, 6) is 1.04. The van der Waals surface area contributed by atoms with E-state index in [0.717, 1.165) is 0 Å². The van der Waals surface area contributed by atoms with Crippen LogP contribution < -0.4 is 14.2 Å². The SMILES string of the molecule is COCCCN(CCO)C(=O)c1cc(OC)c(OC)c(OC)c1. The first-order valence-electron chi connectivity index (χ1n) is 7.32. The first-order valence-corrected chi connectivity index (χ1v) is 7.32. The number of hydrogen-bond donors (Lipinski definition) is 1. The molecule has 0 aliphatic rings. The monoisotopic (exact) mass is 327 g/mol. The highest BCUT2D eigenvalue weighted by molar-refractivity contribution is 5.95. The summed E-state index contributed by atoms with van der Waals surface area (Å²) in [5.41, 5.74) is 0.408. The number of aliphatic hydroxyl groups excluding tert-OH is 1. The van der Waals surface area contributed by atoms with Crippen LogP contribution in [0.5, 0.6) is 17.2 Å². The van der Waals surface area contributed by atoms with Crippen LogP contribution in [0.2, 0.25) is 0 Å². The molecule has 0 heterocycles. The minimum Gasteiger partial charge on any atom is -0.493 e. The average Bonchev–Trinajstić information content (AvgIpc) is 2.59. The minimum absolute atomic E-state index is 0.108. The number of amides is 1. The summed E-state index contributed by atoms with van der Waals surface area (Å²) in [7, 11) is 6.10. The molecule has 130 valence electrons. The largest absolute Gasteiger partial charge is 0.493 e. The third-order valence-corrected chi connectivity index (χ3v) is 3.35. The Morgan fingerprint density at radius 1 is 1.04 bits per heavy atom. The van der Waals surface area contributed by atoms with Gasteiger partial charge in [0.15, 0.2) is 11.5 Å². The fraction of sp³-hybridized carbons (Fsp3) is 0.562. The predicted molar refractivity (Wildman–Crippen MR) is 85.6 cm³/mol. The van der Waals surface area contributed by atoms with Crippen LogP contribution in [-0.2, 0) is 4.74 Å². The van der Waals surface area contributed by atoms with Crippen molar-refractivity contribution in [1.82, 2.24) is 4.90 Å². The van der Waals surface area contributed by atoms with E-state index in [1.54, 1.807) is 24.1 Å². The fourth-order valence-electron chi connectivity index (χ4n) is 2.22. The summed E-state index contributed by atoms with van der Waals surface area (Å²) < 4.78 is 20.8. The second kappa shape index (κ2) is 9.91. The Balaban J connectivity index is 3.08. The number of hydrogen-bond acceptors (Lipinski definition) is 6. The zero-order chi connectivity index (χ0) is 17.2. The molecule has 0 saturated heterocycles. The molecule has 23 heavy (non-hydrogen) atoms. The molecule has 0 atom stereocenters. The van der Waals surface area contributed by atoms with Gasteiger partial charge >= 0.3 is 0 Å². The number of nitrogens with zero attached hydrogens (tertiary/aromatic N) is 1. The number of benzene rings is 1. The van der Waals surface area contributed by atoms with Crippen molar-refractivity contribution in [1.29, 1.82) is 0 Å². The van der Waals surface area contributed by atoms with Crippen LogP contribution in [0.15, 0.2) is 12.1 Å². The maximum atomic E-state index is 12.7. The highest BCUT2D eigenvalue weighted by Gasteiger charge is 2.20. The van der Waals surface area contributed by atoms with E-state index < -0.39 is 0 Å². The van der Waals surface area contributed by atoms with E-state index in [-0.39, 0.29) is 19.1 Å². The first-order chi connectivity index (χ1) is 11.1. The van der Waals surface area contributed by atoms with E-state index in [2.05, 4.69) is 0 Å². The normalized spacial score (nSPS) is 10.3. The molecule has 1 N–H and O–H groups in total. The van der Waals surface area contributed by atoms with Crippen LogP contribution in [0.25, 0.3) is 0 Å². The molecule has 0 saturated carbocycles. The second-order valence-corrected chi connectivity index (χ2v) is 4.78. The Labute approximate surface area is 136 Å². The predicted octanol–water partition coefficient (Wildman–Crippen LogP) is 1.18. The van der Waals surface area contributed by atoms with Gasteiger partial charge in [-0.25, -0.2) is 0 Å². The molecule has 0 bridgehead atoms. The molecule has 0 spiro atoms. The molecule has 0 fully saturated rings. The quantitative estimate of drug-likeness (QED) is 0.650. The summed E-state index contributed by atoms with van der Waals surface area (Å²) in [6.07, 6.45) is 0.687. The molecule has 1 aromatic rings. The van der Waals surface area contributed by atoms with Crippen LogP contribution in [0.4, 0.5) is 0 Å². The number of carbonyl (C=O) groups excluding carboxylic acids is 1. The van der Waals surface area contributed by atoms with Gasteiger partial charge in [0.1, 0.15) is 0 Å². The van der Waals surface area contributed by atoms with Crippen molar-refractivity contribution in [2.24, 2.45) is 0 Å². The van der Waals surface area contributed by atoms with E-state index in [4.69, 9.17) is 18.9 Å². The molecular formula is C16H25NO6. The van der Waals surface area contributed by atoms with Crippen LogP contribution in [0, 0.1) is 0 Å². The van der Waals surface area contributed by atoms with Crippen LogP contribution >= 0.6 is 0 Å². The van der Waals surface area contributed by atoms with Crippen molar-refractivity contribution in [3.8, 4) is 17.2 Å². The van der Waals surface area contributed by atoms with Gasteiger partial charge in [-0.2, -0.15) is 0 Å². The molecule has 0 aliphatic carbocycles. The van der Waals surface area contributed by atoms with Crippen molar-refractivity contribution in [3.63, 3.8) is 0 Å². The standard InChI is InChI=1S/C16H25NO6/c1-20-9-5-6-17(7-8-18)16(19)12-10-13(21-2)15(23-4)14(11-12)22-3/h10-11,18H,5-9H2,1-4H3. The smallest absolute Gasteiger partial charge is 0.254 e. The van der Waals surface area contributed by atoms with Gasteiger partial charge in [0, 0.05) is 32.4 Å².